The largest absolute Gasteiger partial charge is 0.472 e. The second-order valence-electron chi connectivity index (χ2n) is 13.5. The lowest BCUT2D eigenvalue weighted by atomic mass is 10.1. The van der Waals surface area contributed by atoms with Crippen LogP contribution in [0.2, 0.25) is 0 Å². The minimum Gasteiger partial charge on any atom is -0.387 e. The molecular weight excluding hydrogens is 635 g/mol. The van der Waals surface area contributed by atoms with E-state index in [2.05, 4.69) is 43.5 Å². The van der Waals surface area contributed by atoms with Gasteiger partial charge in [-0.05, 0) is 57.8 Å². The number of hydrogen-bond donors (Lipinski definition) is 4. The van der Waals surface area contributed by atoms with Crippen LogP contribution >= 0.6 is 7.82 Å². The number of nitrogens with one attached hydrogen (secondary N) is 1. The van der Waals surface area contributed by atoms with Gasteiger partial charge < -0.3 is 21.1 Å². The van der Waals surface area contributed by atoms with Gasteiger partial charge in [0.15, 0.2) is 0 Å². The van der Waals surface area contributed by atoms with E-state index in [4.69, 9.17) is 14.8 Å². The number of amides is 1. The van der Waals surface area contributed by atoms with Crippen LogP contribution in [0.5, 0.6) is 0 Å². The number of aliphatic hydroxyl groups excluding tert-OH is 1. The highest BCUT2D eigenvalue weighted by Gasteiger charge is 2.26. The first-order chi connectivity index (χ1) is 23.9. The normalized spacial score (nSPS) is 14.6. The second kappa shape index (κ2) is 36.5. The molecule has 3 atom stereocenters. The highest BCUT2D eigenvalue weighted by Crippen LogP contribution is 2.43. The van der Waals surface area contributed by atoms with E-state index in [1.54, 1.807) is 6.08 Å². The van der Waals surface area contributed by atoms with Gasteiger partial charge in [0.1, 0.15) is 0 Å². The van der Waals surface area contributed by atoms with Gasteiger partial charge in [-0.2, -0.15) is 0 Å². The number of carbonyl (C=O) groups is 1. The fourth-order valence-electron chi connectivity index (χ4n) is 5.61. The SMILES string of the molecule is CCCCCC/C=C\CCCCCCCC(=O)NC(COP(=O)(O)OCCN)C(O)/C=C/CC/C=C/CCCCCCCCCCCCC. The molecule has 0 aliphatic heterocycles. The molecule has 3 unspecified atom stereocenters. The molecule has 0 fully saturated rings. The Morgan fingerprint density at radius 1 is 0.653 bits per heavy atom. The Labute approximate surface area is 301 Å². The first kappa shape index (κ1) is 47.7. The van der Waals surface area contributed by atoms with Gasteiger partial charge >= 0.3 is 7.82 Å². The average Bonchev–Trinajstić information content (AvgIpc) is 3.09. The first-order valence-corrected chi connectivity index (χ1v) is 21.6. The second-order valence-corrected chi connectivity index (χ2v) is 14.9. The van der Waals surface area contributed by atoms with Gasteiger partial charge in [0.25, 0.3) is 0 Å². The van der Waals surface area contributed by atoms with E-state index >= 15 is 0 Å². The van der Waals surface area contributed by atoms with Gasteiger partial charge in [0.2, 0.25) is 5.91 Å². The molecule has 8 nitrogen and oxygen atoms in total. The van der Waals surface area contributed by atoms with Crippen LogP contribution in [0, 0.1) is 0 Å². The molecule has 0 aromatic rings. The number of unbranched alkanes of at least 4 members (excludes halogenated alkanes) is 21. The van der Waals surface area contributed by atoms with Crippen LogP contribution in [0.3, 0.4) is 0 Å². The number of phosphoric acid groups is 1. The topological polar surface area (TPSA) is 131 Å². The third-order valence-corrected chi connectivity index (χ3v) is 9.67. The lowest BCUT2D eigenvalue weighted by molar-refractivity contribution is -0.123. The van der Waals surface area contributed by atoms with E-state index in [1.165, 1.54) is 103 Å². The summed E-state index contributed by atoms with van der Waals surface area (Å²) in [7, 11) is -4.34. The van der Waals surface area contributed by atoms with Crippen LogP contribution in [-0.2, 0) is 18.4 Å². The Kier molecular flexibility index (Phi) is 35.6. The molecule has 0 aromatic heterocycles. The standard InChI is InChI=1S/C40H77N2O6P/c1-3-5-7-9-11-13-15-17-18-19-20-22-23-25-27-29-31-33-39(43)38(37-48-49(45,46)47-36-35-41)42-40(44)34-32-30-28-26-24-21-16-14-12-10-8-6-4-2/h14,16,23,25,31,33,38-39,43H,3-13,15,17-22,24,26-30,32,34-37,41H2,1-2H3,(H,42,44)(H,45,46)/b16-14-,25-23+,33-31+. The molecular formula is C40H77N2O6P. The van der Waals surface area contributed by atoms with Crippen molar-refractivity contribution in [2.45, 2.75) is 193 Å². The fourth-order valence-corrected chi connectivity index (χ4v) is 6.37. The molecule has 288 valence electrons. The lowest BCUT2D eigenvalue weighted by Gasteiger charge is -2.23. The molecule has 0 aliphatic carbocycles. The van der Waals surface area contributed by atoms with E-state index in [0.29, 0.717) is 6.42 Å². The van der Waals surface area contributed by atoms with Crippen molar-refractivity contribution in [3.8, 4) is 0 Å². The number of phosphoric ester groups is 1. The van der Waals surface area contributed by atoms with Crippen molar-refractivity contribution in [3.63, 3.8) is 0 Å². The van der Waals surface area contributed by atoms with Gasteiger partial charge in [-0.15, -0.1) is 0 Å². The summed E-state index contributed by atoms with van der Waals surface area (Å²) in [6.45, 7) is 4.08. The Hall–Kier alpha value is -1.28. The summed E-state index contributed by atoms with van der Waals surface area (Å²) in [5.41, 5.74) is 5.36. The zero-order chi connectivity index (χ0) is 36.1. The molecule has 49 heavy (non-hydrogen) atoms. The fraction of sp³-hybridized carbons (Fsp3) is 0.825. The number of aliphatic hydroxyl groups is 1. The van der Waals surface area contributed by atoms with Crippen molar-refractivity contribution in [1.82, 2.24) is 5.32 Å². The average molecular weight is 713 g/mol. The summed E-state index contributed by atoms with van der Waals surface area (Å²) in [4.78, 5) is 22.6. The lowest BCUT2D eigenvalue weighted by Crippen LogP contribution is -2.45. The summed E-state index contributed by atoms with van der Waals surface area (Å²) >= 11 is 0. The van der Waals surface area contributed by atoms with E-state index in [-0.39, 0.29) is 25.7 Å². The van der Waals surface area contributed by atoms with Crippen LogP contribution in [0.1, 0.15) is 181 Å². The van der Waals surface area contributed by atoms with Gasteiger partial charge in [0, 0.05) is 13.0 Å². The molecule has 0 radical (unpaired) electrons. The van der Waals surface area contributed by atoms with Gasteiger partial charge in [0.05, 0.1) is 25.4 Å². The molecule has 0 aromatic carbocycles. The van der Waals surface area contributed by atoms with Crippen LogP contribution < -0.4 is 11.1 Å². The summed E-state index contributed by atoms with van der Waals surface area (Å²) in [5.74, 6) is -0.215. The predicted octanol–water partition coefficient (Wildman–Crippen LogP) is 10.8. The number of hydrogen-bond acceptors (Lipinski definition) is 6. The molecule has 0 aliphatic rings. The highest BCUT2D eigenvalue weighted by molar-refractivity contribution is 7.47. The summed E-state index contributed by atoms with van der Waals surface area (Å²) in [6, 6.07) is -0.879. The molecule has 0 heterocycles. The first-order valence-electron chi connectivity index (χ1n) is 20.1. The Balaban J connectivity index is 4.34. The minimum atomic E-state index is -4.34. The minimum absolute atomic E-state index is 0.0724. The van der Waals surface area contributed by atoms with Gasteiger partial charge in [-0.1, -0.05) is 153 Å². The van der Waals surface area contributed by atoms with E-state index in [0.717, 1.165) is 57.8 Å². The molecule has 1 amide bonds. The van der Waals surface area contributed by atoms with E-state index in [9.17, 15) is 19.4 Å². The summed E-state index contributed by atoms with van der Waals surface area (Å²) < 4.78 is 22.0. The zero-order valence-electron chi connectivity index (χ0n) is 31.7. The monoisotopic (exact) mass is 713 g/mol. The third-order valence-electron chi connectivity index (χ3n) is 8.69. The maximum absolute atomic E-state index is 12.7. The number of allylic oxidation sites excluding steroid dienone is 5. The van der Waals surface area contributed by atoms with Crippen molar-refractivity contribution in [2.75, 3.05) is 19.8 Å². The van der Waals surface area contributed by atoms with Crippen LogP contribution in [0.4, 0.5) is 0 Å². The van der Waals surface area contributed by atoms with E-state index in [1.807, 2.05) is 6.08 Å². The van der Waals surface area contributed by atoms with Gasteiger partial charge in [-0.3, -0.25) is 13.8 Å². The molecule has 0 saturated heterocycles. The highest BCUT2D eigenvalue weighted by atomic mass is 31.2. The zero-order valence-corrected chi connectivity index (χ0v) is 32.6. The molecule has 0 rings (SSSR count). The molecule has 9 heteroatoms. The summed E-state index contributed by atoms with van der Waals surface area (Å²) in [5, 5.41) is 13.6. The Morgan fingerprint density at radius 2 is 1.08 bits per heavy atom. The third kappa shape index (κ3) is 34.9. The van der Waals surface area contributed by atoms with Crippen LogP contribution in [0.25, 0.3) is 0 Å². The molecule has 0 bridgehead atoms. The van der Waals surface area contributed by atoms with Crippen LogP contribution in [-0.4, -0.2) is 47.8 Å². The van der Waals surface area contributed by atoms with Crippen LogP contribution in [0.15, 0.2) is 36.5 Å². The van der Waals surface area contributed by atoms with Crippen molar-refractivity contribution < 1.29 is 28.4 Å². The molecule has 0 saturated carbocycles. The maximum Gasteiger partial charge on any atom is 0.472 e. The quantitative estimate of drug-likeness (QED) is 0.0286. The van der Waals surface area contributed by atoms with Crippen molar-refractivity contribution >= 4 is 13.7 Å². The molecule has 5 N–H and O–H groups in total. The number of carbonyl (C=O) groups excluding carboxylic acids is 1. The molecule has 0 spiro atoms. The summed E-state index contributed by atoms with van der Waals surface area (Å²) in [6.07, 6.45) is 41.9. The predicted molar refractivity (Wildman–Crippen MR) is 208 cm³/mol. The number of nitrogens with two attached hydrogens (primary N) is 1. The maximum atomic E-state index is 12.7. The van der Waals surface area contributed by atoms with Crippen molar-refractivity contribution in [3.05, 3.63) is 36.5 Å². The van der Waals surface area contributed by atoms with E-state index < -0.39 is 20.0 Å². The van der Waals surface area contributed by atoms with Crippen molar-refractivity contribution in [2.24, 2.45) is 5.73 Å². The van der Waals surface area contributed by atoms with Gasteiger partial charge in [-0.25, -0.2) is 4.57 Å². The Morgan fingerprint density at radius 3 is 1.59 bits per heavy atom. The Bertz CT molecular complexity index is 866. The smallest absolute Gasteiger partial charge is 0.387 e. The number of rotatable bonds is 37. The van der Waals surface area contributed by atoms with Crippen molar-refractivity contribution in [1.29, 1.82) is 0 Å².